The van der Waals surface area contributed by atoms with E-state index in [4.69, 9.17) is 4.98 Å². The Morgan fingerprint density at radius 1 is 1.00 bits per heavy atom. The maximum Gasteiger partial charge on any atom is 0.137 e. The summed E-state index contributed by atoms with van der Waals surface area (Å²) in [6.07, 6.45) is 2.05. The van der Waals surface area contributed by atoms with Gasteiger partial charge in [0.1, 0.15) is 5.65 Å². The zero-order chi connectivity index (χ0) is 12.7. The zero-order valence-electron chi connectivity index (χ0n) is 10.3. The standard InChI is InChI=1S/C15H13BrN2/c1-10-3-5-12(6-4-10)15-11(2)18-9-13(16)7-8-14(18)17-15/h3-9H,1-2H3. The van der Waals surface area contributed by atoms with Crippen molar-refractivity contribution < 1.29 is 0 Å². The molecule has 2 heterocycles. The molecule has 0 aliphatic heterocycles. The van der Waals surface area contributed by atoms with Gasteiger partial charge in [0.2, 0.25) is 0 Å². The summed E-state index contributed by atoms with van der Waals surface area (Å²) >= 11 is 3.49. The molecule has 3 rings (SSSR count). The van der Waals surface area contributed by atoms with Crippen molar-refractivity contribution in [3.8, 4) is 11.3 Å². The van der Waals surface area contributed by atoms with E-state index < -0.39 is 0 Å². The Bertz CT molecular complexity index is 711. The smallest absolute Gasteiger partial charge is 0.137 e. The van der Waals surface area contributed by atoms with E-state index in [2.05, 4.69) is 64.6 Å². The molecule has 90 valence electrons. The molecule has 0 bridgehead atoms. The minimum absolute atomic E-state index is 0.978. The fourth-order valence-electron chi connectivity index (χ4n) is 2.12. The van der Waals surface area contributed by atoms with Gasteiger partial charge < -0.3 is 4.40 Å². The van der Waals surface area contributed by atoms with Crippen molar-refractivity contribution in [1.29, 1.82) is 0 Å². The number of benzene rings is 1. The summed E-state index contributed by atoms with van der Waals surface area (Å²) < 4.78 is 3.17. The van der Waals surface area contributed by atoms with Gasteiger partial charge in [0.05, 0.1) is 5.69 Å². The molecule has 3 aromatic rings. The van der Waals surface area contributed by atoms with Crippen molar-refractivity contribution in [3.05, 3.63) is 58.3 Å². The first-order chi connectivity index (χ1) is 8.65. The van der Waals surface area contributed by atoms with Gasteiger partial charge in [-0.05, 0) is 41.9 Å². The van der Waals surface area contributed by atoms with Crippen molar-refractivity contribution in [2.45, 2.75) is 13.8 Å². The highest BCUT2D eigenvalue weighted by molar-refractivity contribution is 9.10. The lowest BCUT2D eigenvalue weighted by atomic mass is 10.1. The van der Waals surface area contributed by atoms with Gasteiger partial charge in [-0.2, -0.15) is 0 Å². The van der Waals surface area contributed by atoms with Crippen molar-refractivity contribution in [2.75, 3.05) is 0 Å². The van der Waals surface area contributed by atoms with Gasteiger partial charge >= 0.3 is 0 Å². The largest absolute Gasteiger partial charge is 0.303 e. The second-order valence-corrected chi connectivity index (χ2v) is 5.40. The molecule has 0 spiro atoms. The normalized spacial score (nSPS) is 11.1. The minimum atomic E-state index is 0.978. The Morgan fingerprint density at radius 3 is 2.44 bits per heavy atom. The molecule has 0 N–H and O–H groups in total. The molecular weight excluding hydrogens is 288 g/mol. The Balaban J connectivity index is 2.23. The molecule has 0 aliphatic rings. The highest BCUT2D eigenvalue weighted by atomic mass is 79.9. The number of pyridine rings is 1. The summed E-state index contributed by atoms with van der Waals surface area (Å²) in [6.45, 7) is 4.19. The van der Waals surface area contributed by atoms with Crippen LogP contribution in [0.5, 0.6) is 0 Å². The number of fused-ring (bicyclic) bond motifs is 1. The van der Waals surface area contributed by atoms with Crippen LogP contribution < -0.4 is 0 Å². The highest BCUT2D eigenvalue weighted by Crippen LogP contribution is 2.25. The molecule has 0 saturated heterocycles. The van der Waals surface area contributed by atoms with Crippen LogP contribution in [0.2, 0.25) is 0 Å². The number of aryl methyl sites for hydroxylation is 2. The third kappa shape index (κ3) is 1.85. The maximum absolute atomic E-state index is 4.70. The van der Waals surface area contributed by atoms with Gasteiger partial charge in [-0.3, -0.25) is 0 Å². The van der Waals surface area contributed by atoms with Crippen LogP contribution in [-0.4, -0.2) is 9.38 Å². The lowest BCUT2D eigenvalue weighted by molar-refractivity contribution is 1.10. The molecule has 2 aromatic heterocycles. The van der Waals surface area contributed by atoms with Crippen LogP contribution in [-0.2, 0) is 0 Å². The molecule has 0 unspecified atom stereocenters. The van der Waals surface area contributed by atoms with E-state index in [0.717, 1.165) is 27.1 Å². The van der Waals surface area contributed by atoms with E-state index in [9.17, 15) is 0 Å². The molecular formula is C15H13BrN2. The van der Waals surface area contributed by atoms with Gasteiger partial charge in [0, 0.05) is 21.9 Å². The summed E-state index contributed by atoms with van der Waals surface area (Å²) in [5.74, 6) is 0. The molecule has 2 nitrogen and oxygen atoms in total. The van der Waals surface area contributed by atoms with Gasteiger partial charge in [-0.15, -0.1) is 0 Å². The van der Waals surface area contributed by atoms with E-state index >= 15 is 0 Å². The number of hydrogen-bond acceptors (Lipinski definition) is 1. The molecule has 18 heavy (non-hydrogen) atoms. The number of nitrogens with zero attached hydrogens (tertiary/aromatic N) is 2. The van der Waals surface area contributed by atoms with Crippen LogP contribution in [0.15, 0.2) is 47.1 Å². The molecule has 0 atom stereocenters. The molecule has 0 aliphatic carbocycles. The van der Waals surface area contributed by atoms with Gasteiger partial charge in [0.15, 0.2) is 0 Å². The van der Waals surface area contributed by atoms with Crippen LogP contribution in [0.3, 0.4) is 0 Å². The van der Waals surface area contributed by atoms with Crippen LogP contribution in [0, 0.1) is 13.8 Å². The monoisotopic (exact) mass is 300 g/mol. The molecule has 1 aromatic carbocycles. The summed E-state index contributed by atoms with van der Waals surface area (Å²) in [4.78, 5) is 4.70. The number of hydrogen-bond donors (Lipinski definition) is 0. The fourth-order valence-corrected chi connectivity index (χ4v) is 2.46. The van der Waals surface area contributed by atoms with Gasteiger partial charge in [-0.1, -0.05) is 29.8 Å². The quantitative estimate of drug-likeness (QED) is 0.652. The predicted octanol–water partition coefficient (Wildman–Crippen LogP) is 4.38. The third-order valence-electron chi connectivity index (χ3n) is 3.15. The van der Waals surface area contributed by atoms with Crippen LogP contribution in [0.1, 0.15) is 11.3 Å². The first-order valence-electron chi connectivity index (χ1n) is 5.86. The summed E-state index contributed by atoms with van der Waals surface area (Å²) in [5.41, 5.74) is 5.62. The van der Waals surface area contributed by atoms with Crippen LogP contribution in [0.25, 0.3) is 16.9 Å². The van der Waals surface area contributed by atoms with Gasteiger partial charge in [0.25, 0.3) is 0 Å². The maximum atomic E-state index is 4.70. The Kier molecular flexibility index (Phi) is 2.71. The highest BCUT2D eigenvalue weighted by Gasteiger charge is 2.09. The average molecular weight is 301 g/mol. The molecule has 0 fully saturated rings. The van der Waals surface area contributed by atoms with Crippen LogP contribution >= 0.6 is 15.9 Å². The minimum Gasteiger partial charge on any atom is -0.303 e. The van der Waals surface area contributed by atoms with E-state index in [1.54, 1.807) is 0 Å². The lowest BCUT2D eigenvalue weighted by Gasteiger charge is -2.00. The van der Waals surface area contributed by atoms with E-state index in [1.807, 2.05) is 12.1 Å². The van der Waals surface area contributed by atoms with Crippen molar-refractivity contribution in [3.63, 3.8) is 0 Å². The fraction of sp³-hybridized carbons (Fsp3) is 0.133. The summed E-state index contributed by atoms with van der Waals surface area (Å²) in [7, 11) is 0. The second-order valence-electron chi connectivity index (χ2n) is 4.49. The Morgan fingerprint density at radius 2 is 1.72 bits per heavy atom. The zero-order valence-corrected chi connectivity index (χ0v) is 11.9. The van der Waals surface area contributed by atoms with Crippen molar-refractivity contribution in [2.24, 2.45) is 0 Å². The first-order valence-corrected chi connectivity index (χ1v) is 6.66. The third-order valence-corrected chi connectivity index (χ3v) is 3.62. The SMILES string of the molecule is Cc1ccc(-c2nc3ccc(Br)cn3c2C)cc1. The molecule has 3 heteroatoms. The molecule has 0 radical (unpaired) electrons. The first kappa shape index (κ1) is 11.5. The summed E-state index contributed by atoms with van der Waals surface area (Å²) in [6, 6.07) is 12.5. The molecule has 0 amide bonds. The number of imidazole rings is 1. The van der Waals surface area contributed by atoms with Crippen molar-refractivity contribution in [1.82, 2.24) is 9.38 Å². The molecule has 0 saturated carbocycles. The number of halogens is 1. The number of aromatic nitrogens is 2. The van der Waals surface area contributed by atoms with E-state index in [-0.39, 0.29) is 0 Å². The predicted molar refractivity (Wildman–Crippen MR) is 77.8 cm³/mol. The summed E-state index contributed by atoms with van der Waals surface area (Å²) in [5, 5.41) is 0. The average Bonchev–Trinajstić information content (AvgIpc) is 2.68. The van der Waals surface area contributed by atoms with E-state index in [0.29, 0.717) is 0 Å². The Hall–Kier alpha value is -1.61. The van der Waals surface area contributed by atoms with Crippen molar-refractivity contribution >= 4 is 21.6 Å². The Labute approximate surface area is 114 Å². The van der Waals surface area contributed by atoms with Crippen LogP contribution in [0.4, 0.5) is 0 Å². The van der Waals surface area contributed by atoms with E-state index in [1.165, 1.54) is 5.56 Å². The number of rotatable bonds is 1. The lowest BCUT2D eigenvalue weighted by Crippen LogP contribution is -1.87. The topological polar surface area (TPSA) is 17.3 Å². The van der Waals surface area contributed by atoms with Gasteiger partial charge in [-0.25, -0.2) is 4.98 Å². The second kappa shape index (κ2) is 4.25.